The van der Waals surface area contributed by atoms with E-state index in [9.17, 15) is 0 Å². The van der Waals surface area contributed by atoms with E-state index in [1.807, 2.05) is 6.26 Å². The summed E-state index contributed by atoms with van der Waals surface area (Å²) in [5, 5.41) is 1.04. The molecule has 2 N–H and O–H groups in total. The summed E-state index contributed by atoms with van der Waals surface area (Å²) >= 11 is 1.66. The molecule has 0 bridgehead atoms. The molecule has 0 radical (unpaired) electrons. The van der Waals surface area contributed by atoms with Crippen LogP contribution in [-0.2, 0) is 6.54 Å². The fraction of sp³-hybridized carbons (Fsp3) is 0.636. The molecule has 1 aromatic heterocycles. The Morgan fingerprint density at radius 2 is 2.06 bits per heavy atom. The first-order valence-electron chi connectivity index (χ1n) is 5.61. The molecule has 0 unspecified atom stereocenters. The van der Waals surface area contributed by atoms with Crippen LogP contribution in [0.5, 0.6) is 0 Å². The number of thioether (sulfide) groups is 1. The van der Waals surface area contributed by atoms with E-state index in [1.165, 1.54) is 0 Å². The van der Waals surface area contributed by atoms with Gasteiger partial charge in [0.05, 0.1) is 5.69 Å². The Labute approximate surface area is 101 Å². The van der Waals surface area contributed by atoms with Crippen molar-refractivity contribution in [2.75, 3.05) is 19.3 Å². The Morgan fingerprint density at radius 1 is 1.38 bits per heavy atom. The fourth-order valence-electron chi connectivity index (χ4n) is 1.96. The van der Waals surface area contributed by atoms with Gasteiger partial charge in [0.15, 0.2) is 0 Å². The van der Waals surface area contributed by atoms with Crippen LogP contribution in [0.15, 0.2) is 17.4 Å². The van der Waals surface area contributed by atoms with Crippen molar-refractivity contribution < 1.29 is 0 Å². The van der Waals surface area contributed by atoms with Crippen LogP contribution in [-0.4, -0.2) is 40.3 Å². The quantitative estimate of drug-likeness (QED) is 0.800. The van der Waals surface area contributed by atoms with E-state index < -0.39 is 0 Å². The summed E-state index contributed by atoms with van der Waals surface area (Å²) in [5.74, 6) is 0. The first-order valence-corrected chi connectivity index (χ1v) is 6.84. The zero-order chi connectivity index (χ0) is 11.4. The van der Waals surface area contributed by atoms with Gasteiger partial charge >= 0.3 is 0 Å². The molecular formula is C11H18N4S. The molecule has 0 amide bonds. The van der Waals surface area contributed by atoms with Gasteiger partial charge < -0.3 is 5.73 Å². The summed E-state index contributed by atoms with van der Waals surface area (Å²) < 4.78 is 0. The minimum absolute atomic E-state index is 0.387. The third-order valence-corrected chi connectivity index (χ3v) is 3.66. The number of nitrogens with zero attached hydrogens (tertiary/aromatic N) is 3. The highest BCUT2D eigenvalue weighted by Gasteiger charge is 2.17. The molecule has 2 rings (SSSR count). The van der Waals surface area contributed by atoms with Gasteiger partial charge in [0, 0.05) is 38.1 Å². The smallest absolute Gasteiger partial charge is 0.119 e. The molecule has 88 valence electrons. The Morgan fingerprint density at radius 3 is 2.75 bits per heavy atom. The second kappa shape index (κ2) is 5.61. The van der Waals surface area contributed by atoms with Gasteiger partial charge in [0.1, 0.15) is 5.03 Å². The van der Waals surface area contributed by atoms with E-state index >= 15 is 0 Å². The Hall–Kier alpha value is -0.650. The summed E-state index contributed by atoms with van der Waals surface area (Å²) in [6.45, 7) is 3.05. The normalized spacial score (nSPS) is 18.9. The Bertz CT molecular complexity index is 337. The average molecular weight is 238 g/mol. The third kappa shape index (κ3) is 2.93. The highest BCUT2D eigenvalue weighted by atomic mass is 32.2. The van der Waals surface area contributed by atoms with E-state index in [4.69, 9.17) is 5.73 Å². The first kappa shape index (κ1) is 11.8. The van der Waals surface area contributed by atoms with E-state index in [-0.39, 0.29) is 0 Å². The highest BCUT2D eigenvalue weighted by Crippen LogP contribution is 2.18. The van der Waals surface area contributed by atoms with Crippen LogP contribution in [0.25, 0.3) is 0 Å². The fourth-order valence-corrected chi connectivity index (χ4v) is 2.48. The van der Waals surface area contributed by atoms with Crippen molar-refractivity contribution in [1.82, 2.24) is 14.9 Å². The van der Waals surface area contributed by atoms with Crippen LogP contribution in [0.4, 0.5) is 0 Å². The van der Waals surface area contributed by atoms with Crippen molar-refractivity contribution in [3.05, 3.63) is 18.1 Å². The molecule has 1 saturated heterocycles. The Balaban J connectivity index is 1.98. The zero-order valence-electron chi connectivity index (χ0n) is 9.59. The van der Waals surface area contributed by atoms with Gasteiger partial charge in [-0.2, -0.15) is 0 Å². The predicted octanol–water partition coefficient (Wildman–Crippen LogP) is 1.12. The van der Waals surface area contributed by atoms with Gasteiger partial charge in [-0.05, 0) is 19.1 Å². The van der Waals surface area contributed by atoms with Crippen molar-refractivity contribution >= 4 is 11.8 Å². The number of likely N-dealkylation sites (tertiary alicyclic amines) is 1. The van der Waals surface area contributed by atoms with Gasteiger partial charge in [-0.25, -0.2) is 4.98 Å². The second-order valence-corrected chi connectivity index (χ2v) is 4.92. The second-order valence-electron chi connectivity index (χ2n) is 4.13. The van der Waals surface area contributed by atoms with Crippen LogP contribution in [0.2, 0.25) is 0 Å². The standard InChI is InChI=1S/C11H18N4S/c1-16-11-10(13-4-5-14-11)8-15-6-2-9(12)3-7-15/h4-5,9H,2-3,6-8,12H2,1H3. The van der Waals surface area contributed by atoms with Crippen LogP contribution < -0.4 is 5.73 Å². The molecule has 1 aliphatic rings. The summed E-state index contributed by atoms with van der Waals surface area (Å²) in [7, 11) is 0. The van der Waals surface area contributed by atoms with E-state index in [1.54, 1.807) is 24.2 Å². The molecule has 0 spiro atoms. The summed E-state index contributed by atoms with van der Waals surface area (Å²) in [6.07, 6.45) is 7.75. The highest BCUT2D eigenvalue weighted by molar-refractivity contribution is 7.98. The minimum Gasteiger partial charge on any atom is -0.328 e. The summed E-state index contributed by atoms with van der Waals surface area (Å²) in [5.41, 5.74) is 6.98. The number of aromatic nitrogens is 2. The maximum Gasteiger partial charge on any atom is 0.119 e. The lowest BCUT2D eigenvalue weighted by atomic mass is 10.1. The van der Waals surface area contributed by atoms with E-state index in [0.29, 0.717) is 6.04 Å². The maximum atomic E-state index is 5.89. The molecule has 5 heteroatoms. The molecule has 16 heavy (non-hydrogen) atoms. The zero-order valence-corrected chi connectivity index (χ0v) is 10.4. The molecule has 2 heterocycles. The Kier molecular flexibility index (Phi) is 4.15. The van der Waals surface area contributed by atoms with Gasteiger partial charge in [-0.15, -0.1) is 11.8 Å². The molecular weight excluding hydrogens is 220 g/mol. The molecule has 0 aromatic carbocycles. The van der Waals surface area contributed by atoms with Gasteiger partial charge in [-0.3, -0.25) is 9.88 Å². The van der Waals surface area contributed by atoms with Crippen LogP contribution in [0.1, 0.15) is 18.5 Å². The SMILES string of the molecule is CSc1nccnc1CN1CCC(N)CC1. The lowest BCUT2D eigenvalue weighted by Crippen LogP contribution is -2.39. The van der Waals surface area contributed by atoms with Gasteiger partial charge in [-0.1, -0.05) is 0 Å². The van der Waals surface area contributed by atoms with Crippen molar-refractivity contribution in [1.29, 1.82) is 0 Å². The molecule has 0 aliphatic carbocycles. The molecule has 1 fully saturated rings. The predicted molar refractivity (Wildman–Crippen MR) is 66.3 cm³/mol. The molecule has 1 aromatic rings. The largest absolute Gasteiger partial charge is 0.328 e. The summed E-state index contributed by atoms with van der Waals surface area (Å²) in [4.78, 5) is 11.1. The molecule has 0 atom stereocenters. The number of piperidine rings is 1. The lowest BCUT2D eigenvalue weighted by Gasteiger charge is -2.29. The third-order valence-electron chi connectivity index (χ3n) is 2.93. The first-order chi connectivity index (χ1) is 7.79. The topological polar surface area (TPSA) is 55.0 Å². The molecule has 4 nitrogen and oxygen atoms in total. The maximum absolute atomic E-state index is 5.89. The van der Waals surface area contributed by atoms with E-state index in [0.717, 1.165) is 43.2 Å². The number of rotatable bonds is 3. The summed E-state index contributed by atoms with van der Waals surface area (Å²) in [6, 6.07) is 0.387. The minimum atomic E-state index is 0.387. The van der Waals surface area contributed by atoms with Gasteiger partial charge in [0.25, 0.3) is 0 Å². The van der Waals surface area contributed by atoms with Crippen molar-refractivity contribution in [2.24, 2.45) is 5.73 Å². The van der Waals surface area contributed by atoms with Crippen molar-refractivity contribution in [3.8, 4) is 0 Å². The van der Waals surface area contributed by atoms with Gasteiger partial charge in [0.2, 0.25) is 0 Å². The van der Waals surface area contributed by atoms with E-state index in [2.05, 4.69) is 14.9 Å². The lowest BCUT2D eigenvalue weighted by molar-refractivity contribution is 0.201. The van der Waals surface area contributed by atoms with Crippen LogP contribution in [0, 0.1) is 0 Å². The number of nitrogens with two attached hydrogens (primary N) is 1. The monoisotopic (exact) mass is 238 g/mol. The number of hydrogen-bond acceptors (Lipinski definition) is 5. The molecule has 1 aliphatic heterocycles. The number of hydrogen-bond donors (Lipinski definition) is 1. The van der Waals surface area contributed by atoms with Crippen LogP contribution in [0.3, 0.4) is 0 Å². The van der Waals surface area contributed by atoms with Crippen molar-refractivity contribution in [2.45, 2.75) is 30.5 Å². The van der Waals surface area contributed by atoms with Crippen molar-refractivity contribution in [3.63, 3.8) is 0 Å². The van der Waals surface area contributed by atoms with Crippen LogP contribution >= 0.6 is 11.8 Å². The average Bonchev–Trinajstić information content (AvgIpc) is 2.33. The molecule has 0 saturated carbocycles.